The van der Waals surface area contributed by atoms with Gasteiger partial charge in [0, 0.05) is 0 Å². The van der Waals surface area contributed by atoms with Gasteiger partial charge in [-0.05, 0) is 12.5 Å². The van der Waals surface area contributed by atoms with E-state index in [2.05, 4.69) is 5.32 Å². The molecule has 19 heavy (non-hydrogen) atoms. The number of carboxylic acids is 1. The summed E-state index contributed by atoms with van der Waals surface area (Å²) < 4.78 is 5.16. The van der Waals surface area contributed by atoms with E-state index >= 15 is 0 Å². The highest BCUT2D eigenvalue weighted by Crippen LogP contribution is 2.00. The molecule has 0 aliphatic carbocycles. The largest absolute Gasteiger partial charge is 0.480 e. The molecule has 104 valence electrons. The van der Waals surface area contributed by atoms with Crippen molar-refractivity contribution in [1.82, 2.24) is 5.32 Å². The lowest BCUT2D eigenvalue weighted by Gasteiger charge is -2.16. The first-order chi connectivity index (χ1) is 9.00. The maximum Gasteiger partial charge on any atom is 0.328 e. The molecule has 0 saturated carbocycles. The molecule has 1 amide bonds. The Kier molecular flexibility index (Phi) is 5.98. The molecular weight excluding hydrogens is 250 g/mol. The van der Waals surface area contributed by atoms with Gasteiger partial charge in [-0.2, -0.15) is 0 Å². The van der Waals surface area contributed by atoms with Crippen LogP contribution in [0.25, 0.3) is 0 Å². The molecule has 0 saturated heterocycles. The highest BCUT2D eigenvalue weighted by atomic mass is 16.5. The van der Waals surface area contributed by atoms with Gasteiger partial charge < -0.3 is 20.3 Å². The molecule has 0 aliphatic heterocycles. The molecule has 0 fully saturated rings. The lowest BCUT2D eigenvalue weighted by atomic mass is 10.2. The Labute approximate surface area is 111 Å². The molecule has 0 aliphatic rings. The van der Waals surface area contributed by atoms with Crippen molar-refractivity contribution < 1.29 is 24.5 Å². The van der Waals surface area contributed by atoms with Crippen molar-refractivity contribution in [3.8, 4) is 0 Å². The van der Waals surface area contributed by atoms with Crippen LogP contribution < -0.4 is 5.32 Å². The van der Waals surface area contributed by atoms with E-state index in [1.807, 2.05) is 30.3 Å². The van der Waals surface area contributed by atoms with E-state index in [1.54, 1.807) is 0 Å². The van der Waals surface area contributed by atoms with Crippen LogP contribution in [0.3, 0.4) is 0 Å². The predicted octanol–water partition coefficient (Wildman–Crippen LogP) is 0.153. The van der Waals surface area contributed by atoms with Crippen molar-refractivity contribution in [2.24, 2.45) is 0 Å². The minimum atomic E-state index is -1.33. The van der Waals surface area contributed by atoms with Crippen LogP contribution in [0.2, 0.25) is 0 Å². The van der Waals surface area contributed by atoms with Gasteiger partial charge in [0.2, 0.25) is 5.91 Å². The number of rotatable bonds is 7. The third kappa shape index (κ3) is 5.50. The fourth-order valence-corrected chi connectivity index (χ4v) is 1.44. The van der Waals surface area contributed by atoms with E-state index in [4.69, 9.17) is 9.84 Å². The number of carboxylic acid groups (broad SMARTS) is 1. The predicted molar refractivity (Wildman–Crippen MR) is 67.3 cm³/mol. The van der Waals surface area contributed by atoms with Crippen molar-refractivity contribution in [2.75, 3.05) is 6.61 Å². The summed E-state index contributed by atoms with van der Waals surface area (Å²) in [7, 11) is 0. The van der Waals surface area contributed by atoms with Gasteiger partial charge in [-0.3, -0.25) is 4.79 Å². The highest BCUT2D eigenvalue weighted by molar-refractivity contribution is 5.84. The number of benzene rings is 1. The second kappa shape index (κ2) is 7.50. The molecule has 2 unspecified atom stereocenters. The number of hydrogen-bond acceptors (Lipinski definition) is 4. The summed E-state index contributed by atoms with van der Waals surface area (Å²) in [5, 5.41) is 20.2. The lowest BCUT2D eigenvalue weighted by Crippen LogP contribution is -2.48. The van der Waals surface area contributed by atoms with Crippen LogP contribution in [-0.2, 0) is 20.9 Å². The number of amides is 1. The maximum atomic E-state index is 11.4. The second-order valence-corrected chi connectivity index (χ2v) is 4.10. The topological polar surface area (TPSA) is 95.9 Å². The molecule has 0 spiro atoms. The lowest BCUT2D eigenvalue weighted by molar-refractivity contribution is -0.145. The standard InChI is InChI=1S/C13H17NO5/c1-9(15)12(13(17)18)14-11(16)8-19-7-10-5-3-2-4-6-10/h2-6,9,12,15H,7-8H2,1H3,(H,14,16)(H,17,18). The molecule has 0 radical (unpaired) electrons. The Hall–Kier alpha value is -1.92. The van der Waals surface area contributed by atoms with Crippen molar-refractivity contribution in [1.29, 1.82) is 0 Å². The average Bonchev–Trinajstić information content (AvgIpc) is 2.36. The van der Waals surface area contributed by atoms with Gasteiger partial charge in [0.15, 0.2) is 6.04 Å². The summed E-state index contributed by atoms with van der Waals surface area (Å²) in [6.07, 6.45) is -1.17. The number of aliphatic hydroxyl groups excluding tert-OH is 1. The minimum absolute atomic E-state index is 0.259. The Balaban J connectivity index is 2.33. The third-order valence-corrected chi connectivity index (χ3v) is 2.41. The average molecular weight is 267 g/mol. The van der Waals surface area contributed by atoms with Gasteiger partial charge >= 0.3 is 5.97 Å². The van der Waals surface area contributed by atoms with Crippen LogP contribution in [0.1, 0.15) is 12.5 Å². The Morgan fingerprint density at radius 2 is 1.95 bits per heavy atom. The first-order valence-electron chi connectivity index (χ1n) is 5.82. The van der Waals surface area contributed by atoms with Gasteiger partial charge in [0.1, 0.15) is 6.61 Å². The number of carbonyl (C=O) groups is 2. The van der Waals surface area contributed by atoms with Crippen molar-refractivity contribution in [2.45, 2.75) is 25.7 Å². The Morgan fingerprint density at radius 3 is 2.47 bits per heavy atom. The maximum absolute atomic E-state index is 11.4. The van der Waals surface area contributed by atoms with Crippen LogP contribution in [-0.4, -0.2) is 40.8 Å². The zero-order valence-electron chi connectivity index (χ0n) is 10.6. The van der Waals surface area contributed by atoms with Gasteiger partial charge in [0.25, 0.3) is 0 Å². The molecule has 0 bridgehead atoms. The Morgan fingerprint density at radius 1 is 1.32 bits per heavy atom. The quantitative estimate of drug-likeness (QED) is 0.653. The number of hydrogen-bond donors (Lipinski definition) is 3. The van der Waals surface area contributed by atoms with E-state index in [9.17, 15) is 14.7 Å². The first kappa shape index (κ1) is 15.1. The Bertz CT molecular complexity index is 418. The van der Waals surface area contributed by atoms with E-state index < -0.39 is 24.0 Å². The van der Waals surface area contributed by atoms with Crippen molar-refractivity contribution >= 4 is 11.9 Å². The summed E-state index contributed by atoms with van der Waals surface area (Å²) in [5.74, 6) is -1.87. The van der Waals surface area contributed by atoms with E-state index in [0.29, 0.717) is 0 Å². The summed E-state index contributed by atoms with van der Waals surface area (Å²) in [6, 6.07) is 7.96. The summed E-state index contributed by atoms with van der Waals surface area (Å²) in [5.41, 5.74) is 0.917. The summed E-state index contributed by atoms with van der Waals surface area (Å²) in [6.45, 7) is 1.30. The monoisotopic (exact) mass is 267 g/mol. The van der Waals surface area contributed by atoms with Crippen LogP contribution in [0.4, 0.5) is 0 Å². The SMILES string of the molecule is CC(O)C(NC(=O)COCc1ccccc1)C(=O)O. The molecule has 1 rings (SSSR count). The minimum Gasteiger partial charge on any atom is -0.480 e. The molecule has 0 aromatic heterocycles. The van der Waals surface area contributed by atoms with Gasteiger partial charge in [-0.15, -0.1) is 0 Å². The number of aliphatic carboxylic acids is 1. The van der Waals surface area contributed by atoms with Crippen LogP contribution in [0.5, 0.6) is 0 Å². The zero-order valence-corrected chi connectivity index (χ0v) is 10.6. The zero-order chi connectivity index (χ0) is 14.3. The van der Waals surface area contributed by atoms with Crippen molar-refractivity contribution in [3.05, 3.63) is 35.9 Å². The second-order valence-electron chi connectivity index (χ2n) is 4.10. The summed E-state index contributed by atoms with van der Waals surface area (Å²) >= 11 is 0. The van der Waals surface area contributed by atoms with E-state index in [0.717, 1.165) is 5.56 Å². The molecule has 6 heteroatoms. The fraction of sp³-hybridized carbons (Fsp3) is 0.385. The van der Waals surface area contributed by atoms with Crippen LogP contribution in [0.15, 0.2) is 30.3 Å². The first-order valence-corrected chi connectivity index (χ1v) is 5.82. The smallest absolute Gasteiger partial charge is 0.328 e. The molecular formula is C13H17NO5. The van der Waals surface area contributed by atoms with Crippen LogP contribution in [0, 0.1) is 0 Å². The molecule has 6 nitrogen and oxygen atoms in total. The van der Waals surface area contributed by atoms with Crippen LogP contribution >= 0.6 is 0 Å². The number of carbonyl (C=O) groups excluding carboxylic acids is 1. The highest BCUT2D eigenvalue weighted by Gasteiger charge is 2.24. The molecule has 1 aromatic rings. The van der Waals surface area contributed by atoms with Crippen molar-refractivity contribution in [3.63, 3.8) is 0 Å². The van der Waals surface area contributed by atoms with Gasteiger partial charge in [-0.25, -0.2) is 4.79 Å². The van der Waals surface area contributed by atoms with Gasteiger partial charge in [-0.1, -0.05) is 30.3 Å². The third-order valence-electron chi connectivity index (χ3n) is 2.41. The number of aliphatic hydroxyl groups is 1. The van der Waals surface area contributed by atoms with Gasteiger partial charge in [0.05, 0.1) is 12.7 Å². The summed E-state index contributed by atoms with van der Waals surface area (Å²) in [4.78, 5) is 22.2. The fourth-order valence-electron chi connectivity index (χ4n) is 1.44. The molecule has 0 heterocycles. The molecule has 3 N–H and O–H groups in total. The normalized spacial score (nSPS) is 13.6. The number of ether oxygens (including phenoxy) is 1. The number of nitrogens with one attached hydrogen (secondary N) is 1. The van der Waals surface area contributed by atoms with E-state index in [1.165, 1.54) is 6.92 Å². The van der Waals surface area contributed by atoms with E-state index in [-0.39, 0.29) is 13.2 Å². The molecule has 1 aromatic carbocycles. The molecule has 2 atom stereocenters.